The Morgan fingerprint density at radius 3 is 2.27 bits per heavy atom. The largest absolute Gasteiger partial charge is 0.0619 e. The van der Waals surface area contributed by atoms with E-state index in [0.717, 1.165) is 11.8 Å². The average Bonchev–Trinajstić information content (AvgIpc) is 3.36. The highest BCUT2D eigenvalue weighted by Crippen LogP contribution is 2.63. The predicted octanol–water partition coefficient (Wildman–Crippen LogP) is 5.91. The lowest BCUT2D eigenvalue weighted by molar-refractivity contribution is 1.01. The Morgan fingerprint density at radius 2 is 1.41 bits per heavy atom. The van der Waals surface area contributed by atoms with Gasteiger partial charge in [0.1, 0.15) is 0 Å². The van der Waals surface area contributed by atoms with Crippen LogP contribution in [-0.4, -0.2) is 0 Å². The van der Waals surface area contributed by atoms with Crippen molar-refractivity contribution in [1.29, 1.82) is 0 Å². The van der Waals surface area contributed by atoms with E-state index in [0.29, 0.717) is 0 Å². The van der Waals surface area contributed by atoms with Crippen LogP contribution in [0.5, 0.6) is 0 Å². The standard InChI is InChI=1S/C22H18/c1-14-9-11-15(12-10-14)16-7-4-8-19-17-5-2-3-6-18(17)20-13-21(20)22(16)19/h2-12,20-21H,13H2,1H3. The molecule has 0 aromatic heterocycles. The van der Waals surface area contributed by atoms with Gasteiger partial charge in [0.15, 0.2) is 0 Å². The fraction of sp³-hybridized carbons (Fsp3) is 0.182. The van der Waals surface area contributed by atoms with Crippen molar-refractivity contribution in [2.24, 2.45) is 0 Å². The van der Waals surface area contributed by atoms with Gasteiger partial charge in [-0.1, -0.05) is 72.3 Å². The van der Waals surface area contributed by atoms with E-state index in [-0.39, 0.29) is 0 Å². The summed E-state index contributed by atoms with van der Waals surface area (Å²) in [4.78, 5) is 0. The number of rotatable bonds is 1. The van der Waals surface area contributed by atoms with E-state index in [1.165, 1.54) is 34.2 Å². The molecule has 2 unspecified atom stereocenters. The molecule has 0 heterocycles. The minimum Gasteiger partial charge on any atom is -0.0619 e. The Kier molecular flexibility index (Phi) is 2.41. The second-order valence-corrected chi connectivity index (χ2v) is 6.67. The molecule has 0 aliphatic heterocycles. The van der Waals surface area contributed by atoms with Gasteiger partial charge in [-0.3, -0.25) is 0 Å². The summed E-state index contributed by atoms with van der Waals surface area (Å²) in [5, 5.41) is 0. The number of fused-ring (bicyclic) bond motifs is 6. The number of hydrogen-bond donors (Lipinski definition) is 0. The minimum absolute atomic E-state index is 0.724. The van der Waals surface area contributed by atoms with Crippen molar-refractivity contribution in [3.8, 4) is 22.3 Å². The molecule has 0 bridgehead atoms. The maximum Gasteiger partial charge on any atom is -0.00743 e. The molecule has 0 spiro atoms. The van der Waals surface area contributed by atoms with Crippen LogP contribution in [0.25, 0.3) is 22.3 Å². The van der Waals surface area contributed by atoms with Crippen LogP contribution in [0, 0.1) is 6.92 Å². The normalized spacial score (nSPS) is 20.8. The molecule has 3 aromatic carbocycles. The predicted molar refractivity (Wildman–Crippen MR) is 92.2 cm³/mol. The molecule has 0 amide bonds. The highest BCUT2D eigenvalue weighted by Gasteiger charge is 2.46. The first-order chi connectivity index (χ1) is 10.8. The summed E-state index contributed by atoms with van der Waals surface area (Å²) in [6.07, 6.45) is 1.31. The molecule has 0 N–H and O–H groups in total. The van der Waals surface area contributed by atoms with Gasteiger partial charge in [-0.25, -0.2) is 0 Å². The molecule has 5 rings (SSSR count). The number of hydrogen-bond acceptors (Lipinski definition) is 0. The van der Waals surface area contributed by atoms with Crippen LogP contribution in [0.15, 0.2) is 66.7 Å². The van der Waals surface area contributed by atoms with E-state index in [2.05, 4.69) is 73.7 Å². The molecule has 22 heavy (non-hydrogen) atoms. The quantitative estimate of drug-likeness (QED) is 0.520. The van der Waals surface area contributed by atoms with Gasteiger partial charge in [-0.2, -0.15) is 0 Å². The van der Waals surface area contributed by atoms with Gasteiger partial charge in [0.2, 0.25) is 0 Å². The fourth-order valence-corrected chi connectivity index (χ4v) is 4.11. The Bertz CT molecular complexity index is 871. The maximum atomic E-state index is 2.32. The van der Waals surface area contributed by atoms with Crippen molar-refractivity contribution < 1.29 is 0 Å². The molecule has 3 aromatic rings. The smallest absolute Gasteiger partial charge is 0.00743 e. The average molecular weight is 282 g/mol. The molecule has 2 atom stereocenters. The highest BCUT2D eigenvalue weighted by molar-refractivity contribution is 5.85. The SMILES string of the molecule is Cc1ccc(-c2cccc3c2C2CC2c2ccccc2-3)cc1. The molecule has 0 nitrogen and oxygen atoms in total. The van der Waals surface area contributed by atoms with Gasteiger partial charge in [0, 0.05) is 0 Å². The summed E-state index contributed by atoms with van der Waals surface area (Å²) >= 11 is 0. The lowest BCUT2D eigenvalue weighted by Crippen LogP contribution is -2.01. The summed E-state index contributed by atoms with van der Waals surface area (Å²) in [7, 11) is 0. The first-order valence-electron chi connectivity index (χ1n) is 8.12. The Labute approximate surface area is 131 Å². The summed E-state index contributed by atoms with van der Waals surface area (Å²) in [6, 6.07) is 24.8. The number of benzene rings is 3. The maximum absolute atomic E-state index is 2.32. The van der Waals surface area contributed by atoms with Gasteiger partial charge in [0.25, 0.3) is 0 Å². The van der Waals surface area contributed by atoms with E-state index < -0.39 is 0 Å². The molecule has 2 aliphatic carbocycles. The first kappa shape index (κ1) is 12.2. The van der Waals surface area contributed by atoms with Gasteiger partial charge in [0.05, 0.1) is 0 Å². The molecule has 106 valence electrons. The molecule has 0 heteroatoms. The van der Waals surface area contributed by atoms with Crippen molar-refractivity contribution >= 4 is 0 Å². The van der Waals surface area contributed by atoms with Crippen molar-refractivity contribution in [3.05, 3.63) is 83.4 Å². The van der Waals surface area contributed by atoms with E-state index in [4.69, 9.17) is 0 Å². The third kappa shape index (κ3) is 1.64. The minimum atomic E-state index is 0.724. The zero-order valence-corrected chi connectivity index (χ0v) is 12.7. The molecule has 1 saturated carbocycles. The van der Waals surface area contributed by atoms with E-state index >= 15 is 0 Å². The van der Waals surface area contributed by atoms with Crippen LogP contribution < -0.4 is 0 Å². The summed E-state index contributed by atoms with van der Waals surface area (Å²) in [6.45, 7) is 2.15. The molecule has 1 fully saturated rings. The summed E-state index contributed by atoms with van der Waals surface area (Å²) < 4.78 is 0. The van der Waals surface area contributed by atoms with Crippen LogP contribution in [0.1, 0.15) is 34.9 Å². The van der Waals surface area contributed by atoms with Crippen LogP contribution in [0.4, 0.5) is 0 Å². The first-order valence-corrected chi connectivity index (χ1v) is 8.12. The van der Waals surface area contributed by atoms with Crippen molar-refractivity contribution in [1.82, 2.24) is 0 Å². The topological polar surface area (TPSA) is 0 Å². The lowest BCUT2D eigenvalue weighted by atomic mass is 9.82. The monoisotopic (exact) mass is 282 g/mol. The van der Waals surface area contributed by atoms with Crippen LogP contribution in [-0.2, 0) is 0 Å². The summed E-state index contributed by atoms with van der Waals surface area (Å²) in [5.74, 6) is 1.47. The van der Waals surface area contributed by atoms with Crippen LogP contribution in [0.2, 0.25) is 0 Å². The van der Waals surface area contributed by atoms with Crippen LogP contribution >= 0.6 is 0 Å². The zero-order valence-electron chi connectivity index (χ0n) is 12.7. The second-order valence-electron chi connectivity index (χ2n) is 6.67. The molecule has 2 aliphatic rings. The zero-order chi connectivity index (χ0) is 14.7. The van der Waals surface area contributed by atoms with Crippen molar-refractivity contribution in [3.63, 3.8) is 0 Å². The third-order valence-corrected chi connectivity index (χ3v) is 5.28. The van der Waals surface area contributed by atoms with Gasteiger partial charge < -0.3 is 0 Å². The number of aryl methyl sites for hydroxylation is 1. The molecular weight excluding hydrogens is 264 g/mol. The Balaban J connectivity index is 1.77. The molecular formula is C22H18. The lowest BCUT2D eigenvalue weighted by Gasteiger charge is -2.22. The van der Waals surface area contributed by atoms with Crippen molar-refractivity contribution in [2.75, 3.05) is 0 Å². The van der Waals surface area contributed by atoms with Crippen molar-refractivity contribution in [2.45, 2.75) is 25.2 Å². The molecule has 0 saturated heterocycles. The summed E-state index contributed by atoms with van der Waals surface area (Å²) in [5.41, 5.74) is 10.1. The Hall–Kier alpha value is -2.34. The van der Waals surface area contributed by atoms with E-state index in [1.807, 2.05) is 0 Å². The van der Waals surface area contributed by atoms with Gasteiger partial charge in [-0.05, 0) is 58.6 Å². The van der Waals surface area contributed by atoms with Crippen LogP contribution in [0.3, 0.4) is 0 Å². The fourth-order valence-electron chi connectivity index (χ4n) is 4.11. The van der Waals surface area contributed by atoms with E-state index in [9.17, 15) is 0 Å². The highest BCUT2D eigenvalue weighted by atomic mass is 14.5. The van der Waals surface area contributed by atoms with E-state index in [1.54, 1.807) is 11.1 Å². The Morgan fingerprint density at radius 1 is 0.682 bits per heavy atom. The molecule has 0 radical (unpaired) electrons. The van der Waals surface area contributed by atoms with Gasteiger partial charge >= 0.3 is 0 Å². The second kappa shape index (κ2) is 4.33. The van der Waals surface area contributed by atoms with Gasteiger partial charge in [-0.15, -0.1) is 0 Å². The third-order valence-electron chi connectivity index (χ3n) is 5.28.